The quantitative estimate of drug-likeness (QED) is 0.864. The van der Waals surface area contributed by atoms with Crippen molar-refractivity contribution in [1.29, 1.82) is 0 Å². The molecule has 1 aliphatic rings. The van der Waals surface area contributed by atoms with E-state index in [0.717, 1.165) is 18.9 Å². The average Bonchev–Trinajstić information content (AvgIpc) is 2.82. The van der Waals surface area contributed by atoms with Gasteiger partial charge < -0.3 is 10.1 Å². The Kier molecular flexibility index (Phi) is 5.64. The molecular weight excluding hydrogens is 333 g/mol. The molecule has 0 saturated heterocycles. The maximum absolute atomic E-state index is 13.0. The van der Waals surface area contributed by atoms with Gasteiger partial charge in [-0.05, 0) is 50.7 Å². The van der Waals surface area contributed by atoms with Gasteiger partial charge in [-0.15, -0.1) is 0 Å². The van der Waals surface area contributed by atoms with Gasteiger partial charge in [-0.1, -0.05) is 13.8 Å². The van der Waals surface area contributed by atoms with E-state index < -0.39 is 23.0 Å². The second-order valence-electron chi connectivity index (χ2n) is 7.62. The molecule has 3 atom stereocenters. The first kappa shape index (κ1) is 19.5. The number of carbonyl (C=O) groups is 1. The van der Waals surface area contributed by atoms with Crippen LogP contribution in [0.2, 0.25) is 0 Å². The van der Waals surface area contributed by atoms with Crippen LogP contribution in [0, 0.1) is 17.3 Å². The van der Waals surface area contributed by atoms with Crippen molar-refractivity contribution in [2.24, 2.45) is 17.3 Å². The third-order valence-corrected chi connectivity index (χ3v) is 4.88. The van der Waals surface area contributed by atoms with Crippen LogP contribution in [0.25, 0.3) is 0 Å². The summed E-state index contributed by atoms with van der Waals surface area (Å²) in [4.78, 5) is 16.2. The van der Waals surface area contributed by atoms with E-state index in [1.807, 2.05) is 0 Å². The van der Waals surface area contributed by atoms with E-state index in [4.69, 9.17) is 4.74 Å². The van der Waals surface area contributed by atoms with Crippen molar-refractivity contribution in [3.05, 3.63) is 23.9 Å². The molecule has 2 rings (SSSR count). The molecule has 140 valence electrons. The van der Waals surface area contributed by atoms with E-state index in [2.05, 4.69) is 24.1 Å². The first-order valence-electron chi connectivity index (χ1n) is 8.46. The van der Waals surface area contributed by atoms with Crippen molar-refractivity contribution in [2.75, 3.05) is 6.61 Å². The highest BCUT2D eigenvalue weighted by molar-refractivity contribution is 5.82. The first-order valence-corrected chi connectivity index (χ1v) is 8.46. The van der Waals surface area contributed by atoms with Crippen LogP contribution in [0.4, 0.5) is 13.2 Å². The summed E-state index contributed by atoms with van der Waals surface area (Å²) in [6, 6.07) is 2.23. The zero-order valence-corrected chi connectivity index (χ0v) is 15.0. The Morgan fingerprint density at radius 1 is 1.28 bits per heavy atom. The molecule has 25 heavy (non-hydrogen) atoms. The fourth-order valence-corrected chi connectivity index (χ4v) is 2.99. The van der Waals surface area contributed by atoms with Crippen LogP contribution in [0.1, 0.15) is 46.1 Å². The summed E-state index contributed by atoms with van der Waals surface area (Å²) < 4.78 is 44.2. The van der Waals surface area contributed by atoms with Gasteiger partial charge in [-0.2, -0.15) is 13.2 Å². The monoisotopic (exact) mass is 358 g/mol. The lowest BCUT2D eigenvalue weighted by Gasteiger charge is -2.26. The number of hydrogen-bond acceptors (Lipinski definition) is 3. The molecule has 0 aliphatic heterocycles. The minimum atomic E-state index is -4.55. The average molecular weight is 358 g/mol. The fraction of sp³-hybridized carbons (Fsp3) is 0.667. The maximum Gasteiger partial charge on any atom is 0.421 e. The maximum atomic E-state index is 13.0. The molecule has 1 amide bonds. The fourth-order valence-electron chi connectivity index (χ4n) is 2.99. The van der Waals surface area contributed by atoms with Crippen LogP contribution in [-0.4, -0.2) is 23.5 Å². The van der Waals surface area contributed by atoms with Crippen LogP contribution < -0.4 is 10.1 Å². The molecule has 0 aromatic carbocycles. The lowest BCUT2D eigenvalue weighted by Crippen LogP contribution is -2.45. The summed E-state index contributed by atoms with van der Waals surface area (Å²) >= 11 is 0. The zero-order valence-electron chi connectivity index (χ0n) is 15.0. The van der Waals surface area contributed by atoms with Gasteiger partial charge in [0.05, 0.1) is 5.41 Å². The minimum Gasteiger partial charge on any atom is -0.476 e. The zero-order chi connectivity index (χ0) is 18.8. The van der Waals surface area contributed by atoms with Crippen molar-refractivity contribution in [1.82, 2.24) is 10.3 Å². The number of ether oxygens (including phenoxy) is 1. The minimum absolute atomic E-state index is 0.109. The molecule has 1 fully saturated rings. The number of aromatic nitrogens is 1. The highest BCUT2D eigenvalue weighted by Crippen LogP contribution is 2.35. The molecule has 1 heterocycles. The van der Waals surface area contributed by atoms with Crippen molar-refractivity contribution in [3.8, 4) is 5.88 Å². The van der Waals surface area contributed by atoms with Crippen molar-refractivity contribution < 1.29 is 22.7 Å². The molecule has 1 aromatic rings. The summed E-state index contributed by atoms with van der Waals surface area (Å²) in [5.74, 6) is 0.377. The Morgan fingerprint density at radius 3 is 2.44 bits per heavy atom. The van der Waals surface area contributed by atoms with Crippen LogP contribution in [0.5, 0.6) is 5.88 Å². The van der Waals surface area contributed by atoms with Gasteiger partial charge in [-0.3, -0.25) is 4.79 Å². The second-order valence-corrected chi connectivity index (χ2v) is 7.62. The van der Waals surface area contributed by atoms with Gasteiger partial charge in [0.1, 0.15) is 12.2 Å². The topological polar surface area (TPSA) is 51.2 Å². The lowest BCUT2D eigenvalue weighted by molar-refractivity contribution is -0.139. The van der Waals surface area contributed by atoms with E-state index in [1.54, 1.807) is 13.8 Å². The Morgan fingerprint density at radius 2 is 1.88 bits per heavy atom. The predicted octanol–water partition coefficient (Wildman–Crippen LogP) is 4.06. The lowest BCUT2D eigenvalue weighted by atomic mass is 9.93. The number of hydrogen-bond donors (Lipinski definition) is 1. The van der Waals surface area contributed by atoms with Gasteiger partial charge in [0, 0.05) is 12.2 Å². The number of amides is 1. The number of nitrogens with one attached hydrogen (secondary N) is 1. The summed E-state index contributed by atoms with van der Waals surface area (Å²) in [6.07, 6.45) is -1.48. The van der Waals surface area contributed by atoms with Crippen LogP contribution in [-0.2, 0) is 11.0 Å². The molecule has 2 unspecified atom stereocenters. The summed E-state index contributed by atoms with van der Waals surface area (Å²) in [5, 5.41) is 3.00. The Hall–Kier alpha value is -1.79. The van der Waals surface area contributed by atoms with Crippen molar-refractivity contribution in [3.63, 3.8) is 0 Å². The van der Waals surface area contributed by atoms with E-state index in [9.17, 15) is 18.0 Å². The van der Waals surface area contributed by atoms with E-state index in [0.29, 0.717) is 11.8 Å². The molecule has 0 bridgehead atoms. The third kappa shape index (κ3) is 4.86. The molecular formula is C18H25F3N2O2. The standard InChI is InChI=1S/C18H25F3N2O2/c1-11-8-13(9-12(11)2)23-16(24)17(3,4)10-25-15-14(18(19,20)21)6-5-7-22-15/h5-7,11-13H,8-10H2,1-4H3,(H,23,24)/t11-,12?,13?/m0/s1. The number of halogens is 3. The number of carbonyl (C=O) groups excluding carboxylic acids is 1. The highest BCUT2D eigenvalue weighted by Gasteiger charge is 2.37. The predicted molar refractivity (Wildman–Crippen MR) is 88.0 cm³/mol. The molecule has 1 aliphatic carbocycles. The second kappa shape index (κ2) is 7.22. The number of nitrogens with zero attached hydrogens (tertiary/aromatic N) is 1. The number of alkyl halides is 3. The third-order valence-electron chi connectivity index (χ3n) is 4.88. The Balaban J connectivity index is 1.99. The first-order chi connectivity index (χ1) is 11.5. The van der Waals surface area contributed by atoms with Crippen LogP contribution in [0.15, 0.2) is 18.3 Å². The Labute approximate surface area is 146 Å². The van der Waals surface area contributed by atoms with Gasteiger partial charge in [0.2, 0.25) is 11.8 Å². The summed E-state index contributed by atoms with van der Waals surface area (Å²) in [7, 11) is 0. The smallest absolute Gasteiger partial charge is 0.421 e. The number of pyridine rings is 1. The van der Waals surface area contributed by atoms with E-state index in [-0.39, 0.29) is 18.6 Å². The van der Waals surface area contributed by atoms with Crippen molar-refractivity contribution >= 4 is 5.91 Å². The van der Waals surface area contributed by atoms with E-state index in [1.165, 1.54) is 12.3 Å². The van der Waals surface area contributed by atoms with Gasteiger partial charge in [-0.25, -0.2) is 4.98 Å². The van der Waals surface area contributed by atoms with Gasteiger partial charge in [0.25, 0.3) is 0 Å². The molecule has 7 heteroatoms. The van der Waals surface area contributed by atoms with Gasteiger partial charge in [0.15, 0.2) is 0 Å². The van der Waals surface area contributed by atoms with E-state index >= 15 is 0 Å². The van der Waals surface area contributed by atoms with Gasteiger partial charge >= 0.3 is 6.18 Å². The normalized spacial score (nSPS) is 24.2. The molecule has 4 nitrogen and oxygen atoms in total. The van der Waals surface area contributed by atoms with Crippen molar-refractivity contribution in [2.45, 2.75) is 52.8 Å². The Bertz CT molecular complexity index is 607. The van der Waals surface area contributed by atoms with Crippen LogP contribution >= 0.6 is 0 Å². The molecule has 0 spiro atoms. The molecule has 1 aromatic heterocycles. The summed E-state index contributed by atoms with van der Waals surface area (Å²) in [5.41, 5.74) is -1.90. The molecule has 1 N–H and O–H groups in total. The largest absolute Gasteiger partial charge is 0.476 e. The number of rotatable bonds is 5. The molecule has 1 saturated carbocycles. The summed E-state index contributed by atoms with van der Waals surface area (Å²) in [6.45, 7) is 7.44. The molecule has 0 radical (unpaired) electrons. The highest BCUT2D eigenvalue weighted by atomic mass is 19.4. The SMILES string of the molecule is CC1CC(NC(=O)C(C)(C)COc2ncccc2C(F)(F)F)C[C@@H]1C. The van der Waals surface area contributed by atoms with Crippen LogP contribution in [0.3, 0.4) is 0 Å².